The minimum Gasteiger partial charge on any atom is -0.342 e. The van der Waals surface area contributed by atoms with E-state index in [1.807, 2.05) is 24.3 Å². The average Bonchev–Trinajstić information content (AvgIpc) is 3.23. The van der Waals surface area contributed by atoms with Gasteiger partial charge in [-0.25, -0.2) is 0 Å². The van der Waals surface area contributed by atoms with Gasteiger partial charge in [-0.2, -0.15) is 8.42 Å². The van der Waals surface area contributed by atoms with Gasteiger partial charge in [-0.1, -0.05) is 36.9 Å². The highest BCUT2D eigenvalue weighted by atomic mass is 32.2. The summed E-state index contributed by atoms with van der Waals surface area (Å²) in [6.07, 6.45) is 4.12. The van der Waals surface area contributed by atoms with Gasteiger partial charge in [0, 0.05) is 5.56 Å². The molecule has 6 unspecified atom stereocenters. The van der Waals surface area contributed by atoms with E-state index in [4.69, 9.17) is 14.0 Å². The first-order valence-corrected chi connectivity index (χ1v) is 10.0. The van der Waals surface area contributed by atoms with Crippen molar-refractivity contribution >= 4 is 16.2 Å². The Morgan fingerprint density at radius 3 is 2.54 bits per heavy atom. The van der Waals surface area contributed by atoms with E-state index in [0.29, 0.717) is 24.2 Å². The first-order valence-electron chi connectivity index (χ1n) is 8.43. The lowest BCUT2D eigenvalue weighted by Gasteiger charge is -2.28. The van der Waals surface area contributed by atoms with Crippen molar-refractivity contribution in [1.82, 2.24) is 0 Å². The zero-order valence-electron chi connectivity index (χ0n) is 13.4. The molecule has 0 aromatic heterocycles. The number of hydrogen-bond acceptors (Lipinski definition) is 4. The molecular formula is C18H22O5S. The lowest BCUT2D eigenvalue weighted by molar-refractivity contribution is -0.0845. The Bertz CT molecular complexity index is 726. The molecule has 2 bridgehead atoms. The maximum Gasteiger partial charge on any atom is 0.264 e. The van der Waals surface area contributed by atoms with E-state index in [9.17, 15) is 8.42 Å². The van der Waals surface area contributed by atoms with Crippen LogP contribution in [0.4, 0.5) is 0 Å². The fourth-order valence-corrected chi connectivity index (χ4v) is 5.25. The maximum absolute atomic E-state index is 11.0. The van der Waals surface area contributed by atoms with Crippen molar-refractivity contribution < 1.29 is 22.4 Å². The highest BCUT2D eigenvalue weighted by Crippen LogP contribution is 2.56. The van der Waals surface area contributed by atoms with Gasteiger partial charge in [0.1, 0.15) is 0 Å². The minimum atomic E-state index is -3.89. The molecule has 6 atom stereocenters. The molecule has 24 heavy (non-hydrogen) atoms. The van der Waals surface area contributed by atoms with Crippen LogP contribution in [-0.2, 0) is 19.6 Å². The molecule has 1 saturated heterocycles. The molecule has 0 spiro atoms. The molecule has 6 heteroatoms. The van der Waals surface area contributed by atoms with Crippen molar-refractivity contribution in [2.75, 3.05) is 5.75 Å². The summed E-state index contributed by atoms with van der Waals surface area (Å²) < 4.78 is 43.3. The van der Waals surface area contributed by atoms with Gasteiger partial charge in [-0.15, -0.1) is 0 Å². The summed E-state index contributed by atoms with van der Waals surface area (Å²) in [4.78, 5) is 0. The van der Waals surface area contributed by atoms with Crippen LogP contribution in [-0.4, -0.2) is 30.9 Å². The van der Waals surface area contributed by atoms with E-state index in [-0.39, 0.29) is 24.3 Å². The van der Waals surface area contributed by atoms with Crippen LogP contribution in [0.2, 0.25) is 0 Å². The summed E-state index contributed by atoms with van der Waals surface area (Å²) in [5, 5.41) is 0. The van der Waals surface area contributed by atoms with E-state index < -0.39 is 10.1 Å². The second-order valence-corrected chi connectivity index (χ2v) is 8.71. The number of ether oxygens (including phenoxy) is 2. The highest BCUT2D eigenvalue weighted by Gasteiger charge is 2.58. The van der Waals surface area contributed by atoms with E-state index in [1.165, 1.54) is 0 Å². The van der Waals surface area contributed by atoms with Crippen LogP contribution in [0.1, 0.15) is 36.7 Å². The van der Waals surface area contributed by atoms with Gasteiger partial charge in [-0.05, 0) is 42.6 Å². The van der Waals surface area contributed by atoms with Crippen LogP contribution in [0.25, 0.3) is 6.08 Å². The van der Waals surface area contributed by atoms with Crippen molar-refractivity contribution in [1.29, 1.82) is 0 Å². The molecule has 0 amide bonds. The van der Waals surface area contributed by atoms with Gasteiger partial charge >= 0.3 is 0 Å². The van der Waals surface area contributed by atoms with E-state index in [2.05, 4.69) is 6.58 Å². The third kappa shape index (κ3) is 2.92. The van der Waals surface area contributed by atoms with Crippen LogP contribution in [0.5, 0.6) is 0 Å². The molecule has 1 heterocycles. The van der Waals surface area contributed by atoms with Gasteiger partial charge < -0.3 is 9.47 Å². The molecule has 4 rings (SSSR count). The normalized spacial score (nSPS) is 37.5. The van der Waals surface area contributed by atoms with Crippen molar-refractivity contribution in [2.45, 2.75) is 37.8 Å². The molecule has 3 aliphatic rings. The third-order valence-corrected chi connectivity index (χ3v) is 6.50. The third-order valence-electron chi connectivity index (χ3n) is 5.75. The Morgan fingerprint density at radius 1 is 1.17 bits per heavy atom. The second-order valence-electron chi connectivity index (χ2n) is 7.13. The summed E-state index contributed by atoms with van der Waals surface area (Å²) in [7, 11) is -3.89. The van der Waals surface area contributed by atoms with Crippen LogP contribution in [0, 0.1) is 17.8 Å². The molecule has 2 aliphatic carbocycles. The minimum absolute atomic E-state index is 0.0410. The number of fused-ring (bicyclic) bond motifs is 5. The molecule has 5 nitrogen and oxygen atoms in total. The Morgan fingerprint density at radius 2 is 1.88 bits per heavy atom. The summed E-state index contributed by atoms with van der Waals surface area (Å²) in [5.74, 6) is 0.901. The number of rotatable bonds is 5. The highest BCUT2D eigenvalue weighted by molar-refractivity contribution is 7.85. The summed E-state index contributed by atoms with van der Waals surface area (Å²) in [6, 6.07) is 7.99. The SMILES string of the molecule is C=Cc1ccc(C2OC3C4CC(CCS(=O)(=O)O)C(C4)C3O2)cc1. The van der Waals surface area contributed by atoms with E-state index in [0.717, 1.165) is 24.0 Å². The first-order chi connectivity index (χ1) is 11.4. The largest absolute Gasteiger partial charge is 0.342 e. The van der Waals surface area contributed by atoms with Gasteiger partial charge in [0.15, 0.2) is 6.29 Å². The zero-order chi connectivity index (χ0) is 16.9. The summed E-state index contributed by atoms with van der Waals surface area (Å²) >= 11 is 0. The number of hydrogen-bond donors (Lipinski definition) is 1. The van der Waals surface area contributed by atoms with Crippen molar-refractivity contribution in [3.8, 4) is 0 Å². The van der Waals surface area contributed by atoms with Crippen LogP contribution in [0.15, 0.2) is 30.8 Å². The van der Waals surface area contributed by atoms with Gasteiger partial charge in [-0.3, -0.25) is 4.55 Å². The molecule has 3 fully saturated rings. The average molecular weight is 350 g/mol. The van der Waals surface area contributed by atoms with Crippen molar-refractivity contribution in [2.24, 2.45) is 17.8 Å². The Kier molecular flexibility index (Phi) is 4.03. The Balaban J connectivity index is 1.44. The standard InChI is InChI=1S/C18H22O5S/c1-2-11-3-5-12(6-4-11)18-22-16-14-9-13(7-8-24(19,20)21)15(10-14)17(16)23-18/h2-6,13-18H,1,7-10H2,(H,19,20,21). The van der Waals surface area contributed by atoms with Crippen molar-refractivity contribution in [3.63, 3.8) is 0 Å². The Hall–Kier alpha value is -1.21. The predicted molar refractivity (Wildman–Crippen MR) is 89.8 cm³/mol. The fourth-order valence-electron chi connectivity index (χ4n) is 4.65. The number of benzene rings is 1. The molecule has 1 aromatic rings. The quantitative estimate of drug-likeness (QED) is 0.826. The molecule has 130 valence electrons. The van der Waals surface area contributed by atoms with Crippen LogP contribution >= 0.6 is 0 Å². The Labute approximate surface area is 142 Å². The fraction of sp³-hybridized carbons (Fsp3) is 0.556. The lowest BCUT2D eigenvalue weighted by Crippen LogP contribution is -2.35. The lowest BCUT2D eigenvalue weighted by atomic mass is 9.83. The van der Waals surface area contributed by atoms with Crippen LogP contribution in [0.3, 0.4) is 0 Å². The van der Waals surface area contributed by atoms with Gasteiger partial charge in [0.25, 0.3) is 10.1 Å². The summed E-state index contributed by atoms with van der Waals surface area (Å²) in [5.41, 5.74) is 2.06. The molecule has 1 aliphatic heterocycles. The predicted octanol–water partition coefficient (Wildman–Crippen LogP) is 3.05. The maximum atomic E-state index is 11.0. The molecule has 1 N–H and O–H groups in total. The van der Waals surface area contributed by atoms with Crippen LogP contribution < -0.4 is 0 Å². The van der Waals surface area contributed by atoms with E-state index >= 15 is 0 Å². The second kappa shape index (κ2) is 5.95. The molecule has 0 radical (unpaired) electrons. The summed E-state index contributed by atoms with van der Waals surface area (Å²) in [6.45, 7) is 3.75. The molecular weight excluding hydrogens is 328 g/mol. The monoisotopic (exact) mass is 350 g/mol. The van der Waals surface area contributed by atoms with Gasteiger partial charge in [0.2, 0.25) is 0 Å². The smallest absolute Gasteiger partial charge is 0.264 e. The van der Waals surface area contributed by atoms with Crippen molar-refractivity contribution in [3.05, 3.63) is 42.0 Å². The van der Waals surface area contributed by atoms with E-state index in [1.54, 1.807) is 6.08 Å². The van der Waals surface area contributed by atoms with Gasteiger partial charge in [0.05, 0.1) is 18.0 Å². The first kappa shape index (κ1) is 16.3. The molecule has 2 saturated carbocycles. The topological polar surface area (TPSA) is 72.8 Å². The zero-order valence-corrected chi connectivity index (χ0v) is 14.2. The molecule has 1 aromatic carbocycles.